The fourth-order valence-corrected chi connectivity index (χ4v) is 2.34. The van der Waals surface area contributed by atoms with E-state index in [0.29, 0.717) is 35.5 Å². The molecule has 1 heterocycles. The molecule has 0 radical (unpaired) electrons. The van der Waals surface area contributed by atoms with E-state index in [9.17, 15) is 0 Å². The molecule has 0 spiro atoms. The number of methoxy groups -OCH3 is 1. The number of anilines is 1. The van der Waals surface area contributed by atoms with Crippen molar-refractivity contribution in [2.75, 3.05) is 19.5 Å². The van der Waals surface area contributed by atoms with Gasteiger partial charge >= 0.3 is 0 Å². The van der Waals surface area contributed by atoms with E-state index in [0.717, 1.165) is 24.0 Å². The van der Waals surface area contributed by atoms with E-state index in [1.54, 1.807) is 19.2 Å². The Labute approximate surface area is 146 Å². The number of benzene rings is 2. The quantitative estimate of drug-likeness (QED) is 0.514. The molecular weight excluding hydrogens is 318 g/mol. The van der Waals surface area contributed by atoms with Gasteiger partial charge in [0.05, 0.1) is 13.7 Å². The molecule has 3 aromatic rings. The van der Waals surface area contributed by atoms with E-state index < -0.39 is 0 Å². The molecule has 0 amide bonds. The molecule has 6 nitrogen and oxygen atoms in total. The summed E-state index contributed by atoms with van der Waals surface area (Å²) in [4.78, 5) is 4.45. The van der Waals surface area contributed by atoms with E-state index in [-0.39, 0.29) is 0 Å². The summed E-state index contributed by atoms with van der Waals surface area (Å²) in [6.45, 7) is 2.79. The first kappa shape index (κ1) is 16.8. The standard InChI is InChI=1S/C19H21N3O3/c1-3-4-11-24-16-10-7-14(12-17(16)23-2)18-21-19(25-22-18)13-5-8-15(20)9-6-13/h5-10,12H,3-4,11,20H2,1-2H3. The fraction of sp³-hybridized carbons (Fsp3) is 0.263. The number of aromatic nitrogens is 2. The lowest BCUT2D eigenvalue weighted by Crippen LogP contribution is -1.99. The Morgan fingerprint density at radius 1 is 1.04 bits per heavy atom. The van der Waals surface area contributed by atoms with Gasteiger partial charge in [-0.15, -0.1) is 0 Å². The van der Waals surface area contributed by atoms with Gasteiger partial charge in [0, 0.05) is 16.8 Å². The van der Waals surface area contributed by atoms with Crippen LogP contribution >= 0.6 is 0 Å². The Morgan fingerprint density at radius 3 is 2.52 bits per heavy atom. The number of nitrogens with two attached hydrogens (primary N) is 1. The molecule has 0 bridgehead atoms. The van der Waals surface area contributed by atoms with Gasteiger partial charge in [-0.05, 0) is 48.9 Å². The third kappa shape index (κ3) is 3.91. The molecule has 2 N–H and O–H groups in total. The Hall–Kier alpha value is -3.02. The SMILES string of the molecule is CCCCOc1ccc(-c2noc(-c3ccc(N)cc3)n2)cc1OC. The van der Waals surface area contributed by atoms with Crippen molar-refractivity contribution >= 4 is 5.69 Å². The summed E-state index contributed by atoms with van der Waals surface area (Å²) in [6, 6.07) is 12.9. The second-order valence-corrected chi connectivity index (χ2v) is 5.61. The predicted molar refractivity (Wildman–Crippen MR) is 96.5 cm³/mol. The van der Waals surface area contributed by atoms with Crippen molar-refractivity contribution in [3.63, 3.8) is 0 Å². The minimum Gasteiger partial charge on any atom is -0.493 e. The smallest absolute Gasteiger partial charge is 0.258 e. The van der Waals surface area contributed by atoms with Crippen molar-refractivity contribution < 1.29 is 14.0 Å². The van der Waals surface area contributed by atoms with Gasteiger partial charge < -0.3 is 19.7 Å². The summed E-state index contributed by atoms with van der Waals surface area (Å²) in [5.74, 6) is 2.29. The minimum atomic E-state index is 0.442. The predicted octanol–water partition coefficient (Wildman–Crippen LogP) is 4.17. The zero-order chi connectivity index (χ0) is 17.6. The number of hydrogen-bond acceptors (Lipinski definition) is 6. The lowest BCUT2D eigenvalue weighted by Gasteiger charge is -2.10. The number of nitrogens with zero attached hydrogens (tertiary/aromatic N) is 2. The number of hydrogen-bond donors (Lipinski definition) is 1. The highest BCUT2D eigenvalue weighted by Gasteiger charge is 2.13. The number of rotatable bonds is 7. The van der Waals surface area contributed by atoms with Gasteiger partial charge in [0.25, 0.3) is 5.89 Å². The lowest BCUT2D eigenvalue weighted by molar-refractivity contribution is 0.288. The zero-order valence-electron chi connectivity index (χ0n) is 14.4. The van der Waals surface area contributed by atoms with Crippen LogP contribution in [0.4, 0.5) is 5.69 Å². The van der Waals surface area contributed by atoms with Gasteiger partial charge in [0.1, 0.15) is 0 Å². The van der Waals surface area contributed by atoms with Gasteiger partial charge in [-0.1, -0.05) is 18.5 Å². The fourth-order valence-electron chi connectivity index (χ4n) is 2.34. The van der Waals surface area contributed by atoms with Gasteiger partial charge in [0.15, 0.2) is 11.5 Å². The van der Waals surface area contributed by atoms with E-state index in [4.69, 9.17) is 19.7 Å². The number of unbranched alkanes of at least 4 members (excludes halogenated alkanes) is 1. The molecule has 0 fully saturated rings. The van der Waals surface area contributed by atoms with Crippen molar-refractivity contribution in [3.8, 4) is 34.3 Å². The number of nitrogen functional groups attached to an aromatic ring is 1. The largest absolute Gasteiger partial charge is 0.493 e. The van der Waals surface area contributed by atoms with Crippen LogP contribution in [0.15, 0.2) is 47.0 Å². The van der Waals surface area contributed by atoms with E-state index >= 15 is 0 Å². The third-order valence-corrected chi connectivity index (χ3v) is 3.76. The Morgan fingerprint density at radius 2 is 1.80 bits per heavy atom. The summed E-state index contributed by atoms with van der Waals surface area (Å²) in [5, 5.41) is 4.05. The van der Waals surface area contributed by atoms with Crippen LogP contribution in [0.3, 0.4) is 0 Å². The van der Waals surface area contributed by atoms with Crippen molar-refractivity contribution in [2.24, 2.45) is 0 Å². The van der Waals surface area contributed by atoms with Crippen LogP contribution in [0.25, 0.3) is 22.8 Å². The first-order valence-corrected chi connectivity index (χ1v) is 8.22. The first-order chi connectivity index (χ1) is 12.2. The highest BCUT2D eigenvalue weighted by Crippen LogP contribution is 2.32. The molecule has 0 atom stereocenters. The van der Waals surface area contributed by atoms with Crippen LogP contribution in [0.5, 0.6) is 11.5 Å². The molecule has 0 aliphatic heterocycles. The number of ether oxygens (including phenoxy) is 2. The molecule has 25 heavy (non-hydrogen) atoms. The maximum absolute atomic E-state index is 5.74. The van der Waals surface area contributed by atoms with Crippen LogP contribution in [0.1, 0.15) is 19.8 Å². The maximum Gasteiger partial charge on any atom is 0.258 e. The normalized spacial score (nSPS) is 10.6. The van der Waals surface area contributed by atoms with Crippen LogP contribution in [-0.4, -0.2) is 23.9 Å². The monoisotopic (exact) mass is 339 g/mol. The third-order valence-electron chi connectivity index (χ3n) is 3.76. The molecule has 0 saturated carbocycles. The second-order valence-electron chi connectivity index (χ2n) is 5.61. The van der Waals surface area contributed by atoms with Crippen LogP contribution in [-0.2, 0) is 0 Å². The summed E-state index contributed by atoms with van der Waals surface area (Å²) in [6.07, 6.45) is 2.08. The first-order valence-electron chi connectivity index (χ1n) is 8.22. The van der Waals surface area contributed by atoms with Crippen molar-refractivity contribution in [3.05, 3.63) is 42.5 Å². The highest BCUT2D eigenvalue weighted by atomic mass is 16.5. The lowest BCUT2D eigenvalue weighted by atomic mass is 10.2. The average Bonchev–Trinajstić information content (AvgIpc) is 3.13. The van der Waals surface area contributed by atoms with Crippen LogP contribution < -0.4 is 15.2 Å². The summed E-state index contributed by atoms with van der Waals surface area (Å²) in [7, 11) is 1.61. The molecule has 130 valence electrons. The molecule has 2 aromatic carbocycles. The Bertz CT molecular complexity index is 828. The molecule has 1 aromatic heterocycles. The Balaban J connectivity index is 1.83. The highest BCUT2D eigenvalue weighted by molar-refractivity contribution is 5.64. The molecule has 0 unspecified atom stereocenters. The molecular formula is C19H21N3O3. The summed E-state index contributed by atoms with van der Waals surface area (Å²) >= 11 is 0. The van der Waals surface area contributed by atoms with Crippen molar-refractivity contribution in [1.82, 2.24) is 10.1 Å². The Kier molecular flexibility index (Phi) is 5.18. The topological polar surface area (TPSA) is 83.4 Å². The second kappa shape index (κ2) is 7.70. The van der Waals surface area contributed by atoms with Gasteiger partial charge in [-0.3, -0.25) is 0 Å². The maximum atomic E-state index is 5.74. The van der Waals surface area contributed by atoms with Crippen LogP contribution in [0.2, 0.25) is 0 Å². The summed E-state index contributed by atoms with van der Waals surface area (Å²) in [5.41, 5.74) is 8.00. The van der Waals surface area contributed by atoms with E-state index in [1.165, 1.54) is 0 Å². The van der Waals surface area contributed by atoms with Gasteiger partial charge in [0.2, 0.25) is 5.82 Å². The van der Waals surface area contributed by atoms with Crippen molar-refractivity contribution in [2.45, 2.75) is 19.8 Å². The molecule has 0 aliphatic carbocycles. The molecule has 3 rings (SSSR count). The molecule has 6 heteroatoms. The van der Waals surface area contributed by atoms with Gasteiger partial charge in [-0.2, -0.15) is 4.98 Å². The minimum absolute atomic E-state index is 0.442. The van der Waals surface area contributed by atoms with Gasteiger partial charge in [-0.25, -0.2) is 0 Å². The van der Waals surface area contributed by atoms with Crippen LogP contribution in [0, 0.1) is 0 Å². The zero-order valence-corrected chi connectivity index (χ0v) is 14.4. The molecule has 0 saturated heterocycles. The van der Waals surface area contributed by atoms with E-state index in [2.05, 4.69) is 17.1 Å². The summed E-state index contributed by atoms with van der Waals surface area (Å²) < 4.78 is 16.5. The molecule has 0 aliphatic rings. The van der Waals surface area contributed by atoms with Crippen molar-refractivity contribution in [1.29, 1.82) is 0 Å². The van der Waals surface area contributed by atoms with E-state index in [1.807, 2.05) is 30.3 Å². The average molecular weight is 339 g/mol.